The zero-order valence-electron chi connectivity index (χ0n) is 7.97. The predicted octanol–water partition coefficient (Wildman–Crippen LogP) is 0.360. The second kappa shape index (κ2) is 4.09. The van der Waals surface area contributed by atoms with E-state index < -0.39 is 0 Å². The quantitative estimate of drug-likeness (QED) is 0.633. The van der Waals surface area contributed by atoms with E-state index in [4.69, 9.17) is 0 Å². The lowest BCUT2D eigenvalue weighted by Gasteiger charge is -2.33. The maximum Gasteiger partial charge on any atom is 0.209 e. The average molecular weight is 191 g/mol. The molecule has 1 fully saturated rings. The zero-order valence-corrected chi connectivity index (χ0v) is 7.97. The Morgan fingerprint density at radius 3 is 2.57 bits per heavy atom. The molecule has 1 amide bonds. The number of nitrogens with zero attached hydrogens (tertiary/aromatic N) is 3. The van der Waals surface area contributed by atoms with Crippen molar-refractivity contribution in [2.24, 2.45) is 0 Å². The Bertz CT molecular complexity index is 293. The van der Waals surface area contributed by atoms with E-state index in [0.717, 1.165) is 38.4 Å². The molecule has 1 saturated heterocycles. The molecule has 0 aromatic carbocycles. The summed E-state index contributed by atoms with van der Waals surface area (Å²) >= 11 is 0. The number of piperazine rings is 1. The van der Waals surface area contributed by atoms with Gasteiger partial charge in [-0.3, -0.25) is 4.79 Å². The Kier molecular flexibility index (Phi) is 2.62. The van der Waals surface area contributed by atoms with E-state index in [1.165, 1.54) is 0 Å². The average Bonchev–Trinajstić information content (AvgIpc) is 2.30. The van der Waals surface area contributed by atoms with E-state index in [0.29, 0.717) is 0 Å². The van der Waals surface area contributed by atoms with Crippen LogP contribution < -0.4 is 4.90 Å². The summed E-state index contributed by atoms with van der Waals surface area (Å²) in [5, 5.41) is 0. The first-order valence-electron chi connectivity index (χ1n) is 4.75. The number of aromatic nitrogens is 1. The van der Waals surface area contributed by atoms with Crippen molar-refractivity contribution < 1.29 is 4.79 Å². The molecule has 1 aliphatic rings. The van der Waals surface area contributed by atoms with E-state index in [2.05, 4.69) is 9.88 Å². The third kappa shape index (κ3) is 1.84. The number of pyridine rings is 1. The van der Waals surface area contributed by atoms with E-state index in [-0.39, 0.29) is 0 Å². The molecule has 4 heteroatoms. The van der Waals surface area contributed by atoms with Gasteiger partial charge >= 0.3 is 0 Å². The van der Waals surface area contributed by atoms with Crippen molar-refractivity contribution in [3.63, 3.8) is 0 Å². The van der Waals surface area contributed by atoms with Crippen molar-refractivity contribution in [1.29, 1.82) is 0 Å². The largest absolute Gasteiger partial charge is 0.353 e. The predicted molar refractivity (Wildman–Crippen MR) is 54.1 cm³/mol. The molecule has 0 atom stereocenters. The van der Waals surface area contributed by atoms with Gasteiger partial charge in [0.15, 0.2) is 0 Å². The number of rotatable bonds is 2. The molecule has 1 aromatic heterocycles. The van der Waals surface area contributed by atoms with Gasteiger partial charge in [-0.1, -0.05) is 6.07 Å². The van der Waals surface area contributed by atoms with Gasteiger partial charge in [-0.25, -0.2) is 4.98 Å². The first-order valence-corrected chi connectivity index (χ1v) is 4.75. The third-order valence-electron chi connectivity index (χ3n) is 2.44. The van der Waals surface area contributed by atoms with E-state index in [9.17, 15) is 4.79 Å². The van der Waals surface area contributed by atoms with E-state index >= 15 is 0 Å². The molecule has 0 aliphatic carbocycles. The zero-order chi connectivity index (χ0) is 9.80. The molecular weight excluding hydrogens is 178 g/mol. The number of anilines is 1. The van der Waals surface area contributed by atoms with Gasteiger partial charge in [-0.15, -0.1) is 0 Å². The van der Waals surface area contributed by atoms with Crippen LogP contribution in [0.4, 0.5) is 5.82 Å². The fourth-order valence-corrected chi connectivity index (χ4v) is 1.60. The summed E-state index contributed by atoms with van der Waals surface area (Å²) in [5.74, 6) is 0.998. The van der Waals surface area contributed by atoms with Crippen LogP contribution in [-0.4, -0.2) is 42.5 Å². The lowest BCUT2D eigenvalue weighted by atomic mass is 10.3. The van der Waals surface area contributed by atoms with Crippen molar-refractivity contribution in [1.82, 2.24) is 9.88 Å². The Balaban J connectivity index is 1.99. The number of hydrogen-bond donors (Lipinski definition) is 0. The summed E-state index contributed by atoms with van der Waals surface area (Å²) in [5.41, 5.74) is 0. The molecule has 0 spiro atoms. The van der Waals surface area contributed by atoms with Crippen molar-refractivity contribution >= 4 is 12.2 Å². The Labute approximate surface area is 83.2 Å². The second-order valence-electron chi connectivity index (χ2n) is 3.32. The SMILES string of the molecule is O=CN1CCN(c2ccccn2)CC1. The molecule has 14 heavy (non-hydrogen) atoms. The lowest BCUT2D eigenvalue weighted by Crippen LogP contribution is -2.45. The molecule has 4 nitrogen and oxygen atoms in total. The van der Waals surface area contributed by atoms with Crippen LogP contribution in [0.15, 0.2) is 24.4 Å². The normalized spacial score (nSPS) is 16.9. The molecule has 1 aliphatic heterocycles. The van der Waals surface area contributed by atoms with Gasteiger partial charge in [0.05, 0.1) is 0 Å². The minimum atomic E-state index is 0.792. The first-order chi connectivity index (χ1) is 6.90. The Morgan fingerprint density at radius 1 is 1.21 bits per heavy atom. The highest BCUT2D eigenvalue weighted by Gasteiger charge is 2.15. The van der Waals surface area contributed by atoms with Crippen molar-refractivity contribution in [3.05, 3.63) is 24.4 Å². The van der Waals surface area contributed by atoms with Crippen molar-refractivity contribution in [3.8, 4) is 0 Å². The number of amides is 1. The maximum absolute atomic E-state index is 10.5. The van der Waals surface area contributed by atoms with Crippen LogP contribution in [0.1, 0.15) is 0 Å². The van der Waals surface area contributed by atoms with Gasteiger partial charge < -0.3 is 9.80 Å². The molecule has 2 heterocycles. The fourth-order valence-electron chi connectivity index (χ4n) is 1.60. The fraction of sp³-hybridized carbons (Fsp3) is 0.400. The topological polar surface area (TPSA) is 36.4 Å². The highest BCUT2D eigenvalue weighted by Crippen LogP contribution is 2.11. The molecule has 0 saturated carbocycles. The summed E-state index contributed by atoms with van der Waals surface area (Å²) in [4.78, 5) is 18.8. The summed E-state index contributed by atoms with van der Waals surface area (Å²) in [7, 11) is 0. The highest BCUT2D eigenvalue weighted by atomic mass is 16.1. The smallest absolute Gasteiger partial charge is 0.209 e. The van der Waals surface area contributed by atoms with Crippen LogP contribution in [0, 0.1) is 0 Å². The number of carbonyl (C=O) groups is 1. The van der Waals surface area contributed by atoms with Crippen LogP contribution in [0.25, 0.3) is 0 Å². The molecular formula is C10H13N3O. The molecule has 1 aromatic rings. The van der Waals surface area contributed by atoms with Crippen LogP contribution in [-0.2, 0) is 4.79 Å². The van der Waals surface area contributed by atoms with Gasteiger partial charge in [0.1, 0.15) is 5.82 Å². The monoisotopic (exact) mass is 191 g/mol. The summed E-state index contributed by atoms with van der Waals surface area (Å²) in [6, 6.07) is 5.89. The maximum atomic E-state index is 10.5. The third-order valence-corrected chi connectivity index (χ3v) is 2.44. The Hall–Kier alpha value is -1.58. The van der Waals surface area contributed by atoms with Crippen molar-refractivity contribution in [2.45, 2.75) is 0 Å². The second-order valence-corrected chi connectivity index (χ2v) is 3.32. The van der Waals surface area contributed by atoms with Gasteiger partial charge in [-0.2, -0.15) is 0 Å². The first kappa shape index (κ1) is 8.99. The van der Waals surface area contributed by atoms with Crippen LogP contribution in [0.2, 0.25) is 0 Å². The lowest BCUT2D eigenvalue weighted by molar-refractivity contribution is -0.118. The molecule has 0 radical (unpaired) electrons. The highest BCUT2D eigenvalue weighted by molar-refractivity contribution is 5.48. The summed E-state index contributed by atoms with van der Waals surface area (Å²) in [6.07, 6.45) is 2.71. The van der Waals surface area contributed by atoms with Gasteiger partial charge in [0.25, 0.3) is 0 Å². The molecule has 0 bridgehead atoms. The standard InChI is InChI=1S/C10H13N3O/c14-9-12-5-7-13(8-6-12)10-3-1-2-4-11-10/h1-4,9H,5-8H2. The molecule has 0 unspecified atom stereocenters. The van der Waals surface area contributed by atoms with Crippen LogP contribution in [0.5, 0.6) is 0 Å². The van der Waals surface area contributed by atoms with Gasteiger partial charge in [0, 0.05) is 32.4 Å². The minimum Gasteiger partial charge on any atom is -0.353 e. The van der Waals surface area contributed by atoms with Crippen LogP contribution in [0.3, 0.4) is 0 Å². The Morgan fingerprint density at radius 2 is 2.00 bits per heavy atom. The summed E-state index contributed by atoms with van der Waals surface area (Å²) in [6.45, 7) is 3.33. The van der Waals surface area contributed by atoms with Crippen molar-refractivity contribution in [2.75, 3.05) is 31.1 Å². The van der Waals surface area contributed by atoms with Gasteiger partial charge in [-0.05, 0) is 12.1 Å². The minimum absolute atomic E-state index is 0.792. The number of carbonyl (C=O) groups excluding carboxylic acids is 1. The molecule has 0 N–H and O–H groups in total. The van der Waals surface area contributed by atoms with Crippen LogP contribution >= 0.6 is 0 Å². The molecule has 2 rings (SSSR count). The number of hydrogen-bond acceptors (Lipinski definition) is 3. The molecule has 74 valence electrons. The summed E-state index contributed by atoms with van der Waals surface area (Å²) < 4.78 is 0. The van der Waals surface area contributed by atoms with Gasteiger partial charge in [0.2, 0.25) is 6.41 Å². The van der Waals surface area contributed by atoms with E-state index in [1.54, 1.807) is 11.1 Å². The van der Waals surface area contributed by atoms with E-state index in [1.807, 2.05) is 18.2 Å².